The minimum atomic E-state index is 0.773. The number of hydrogen-bond acceptors (Lipinski definition) is 5. The van der Waals surface area contributed by atoms with Gasteiger partial charge in [-0.25, -0.2) is 4.98 Å². The predicted molar refractivity (Wildman–Crippen MR) is 66.8 cm³/mol. The van der Waals surface area contributed by atoms with Gasteiger partial charge in [-0.3, -0.25) is 4.40 Å². The van der Waals surface area contributed by atoms with Gasteiger partial charge in [-0.2, -0.15) is 0 Å². The number of hydrogen-bond donors (Lipinski definition) is 2. The Morgan fingerprint density at radius 2 is 2.12 bits per heavy atom. The second-order valence-electron chi connectivity index (χ2n) is 3.97. The minimum Gasteiger partial charge on any atom is -0.367 e. The smallest absolute Gasteiger partial charge is 0.203 e. The van der Waals surface area contributed by atoms with Crippen LogP contribution in [0.25, 0.3) is 5.65 Å². The van der Waals surface area contributed by atoms with Gasteiger partial charge in [0.1, 0.15) is 6.33 Å². The normalized spacial score (nSPS) is 10.9. The standard InChI is InChI=1S/C11H18N6/c12-5-3-1-2-4-6-13-10-11-16-15-9-17(11)8-7-14-10/h7-9H,1-6,12H2,(H,13,14). The van der Waals surface area contributed by atoms with Crippen LogP contribution in [0.1, 0.15) is 25.7 Å². The Bertz CT molecular complexity index is 452. The van der Waals surface area contributed by atoms with Gasteiger partial charge in [-0.05, 0) is 19.4 Å². The molecule has 0 spiro atoms. The van der Waals surface area contributed by atoms with Gasteiger partial charge in [0, 0.05) is 18.9 Å². The molecule has 6 nitrogen and oxygen atoms in total. The van der Waals surface area contributed by atoms with E-state index in [4.69, 9.17) is 5.73 Å². The SMILES string of the molecule is NCCCCCCNc1nccn2cnnc12. The Kier molecular flexibility index (Phi) is 4.26. The van der Waals surface area contributed by atoms with E-state index in [1.807, 2.05) is 10.6 Å². The highest BCUT2D eigenvalue weighted by atomic mass is 15.2. The number of fused-ring (bicyclic) bond motifs is 1. The largest absolute Gasteiger partial charge is 0.367 e. The molecule has 0 aliphatic carbocycles. The second kappa shape index (κ2) is 6.15. The molecule has 92 valence electrons. The van der Waals surface area contributed by atoms with Crippen LogP contribution < -0.4 is 11.1 Å². The van der Waals surface area contributed by atoms with Gasteiger partial charge in [-0.1, -0.05) is 12.8 Å². The van der Waals surface area contributed by atoms with Gasteiger partial charge >= 0.3 is 0 Å². The van der Waals surface area contributed by atoms with E-state index >= 15 is 0 Å². The van der Waals surface area contributed by atoms with Crippen LogP contribution in [0, 0.1) is 0 Å². The lowest BCUT2D eigenvalue weighted by molar-refractivity contribution is 0.661. The first-order valence-corrected chi connectivity index (χ1v) is 6.00. The molecule has 0 aromatic carbocycles. The van der Waals surface area contributed by atoms with E-state index in [0.717, 1.165) is 37.4 Å². The quantitative estimate of drug-likeness (QED) is 0.700. The van der Waals surface area contributed by atoms with Crippen molar-refractivity contribution in [2.24, 2.45) is 5.73 Å². The van der Waals surface area contributed by atoms with E-state index in [1.165, 1.54) is 12.8 Å². The summed E-state index contributed by atoms with van der Waals surface area (Å²) >= 11 is 0. The van der Waals surface area contributed by atoms with E-state index in [-0.39, 0.29) is 0 Å². The highest BCUT2D eigenvalue weighted by Crippen LogP contribution is 2.09. The molecule has 0 amide bonds. The molecule has 0 saturated carbocycles. The topological polar surface area (TPSA) is 81.1 Å². The van der Waals surface area contributed by atoms with Crippen LogP contribution in [0.15, 0.2) is 18.7 Å². The van der Waals surface area contributed by atoms with Crippen molar-refractivity contribution in [2.75, 3.05) is 18.4 Å². The van der Waals surface area contributed by atoms with Crippen molar-refractivity contribution in [3.8, 4) is 0 Å². The molecule has 2 aromatic rings. The number of unbranched alkanes of at least 4 members (excludes halogenated alkanes) is 3. The van der Waals surface area contributed by atoms with Crippen molar-refractivity contribution in [1.82, 2.24) is 19.6 Å². The molecule has 0 aliphatic rings. The zero-order valence-electron chi connectivity index (χ0n) is 9.84. The van der Waals surface area contributed by atoms with Gasteiger partial charge < -0.3 is 11.1 Å². The summed E-state index contributed by atoms with van der Waals surface area (Å²) in [4.78, 5) is 4.26. The fraction of sp³-hybridized carbons (Fsp3) is 0.545. The minimum absolute atomic E-state index is 0.773. The fourth-order valence-electron chi connectivity index (χ4n) is 1.71. The maximum Gasteiger partial charge on any atom is 0.203 e. The Balaban J connectivity index is 1.80. The van der Waals surface area contributed by atoms with Crippen molar-refractivity contribution in [2.45, 2.75) is 25.7 Å². The molecule has 0 radical (unpaired) electrons. The number of aromatic nitrogens is 4. The summed E-state index contributed by atoms with van der Waals surface area (Å²) < 4.78 is 1.85. The summed E-state index contributed by atoms with van der Waals surface area (Å²) in [5.41, 5.74) is 6.21. The van der Waals surface area contributed by atoms with Crippen LogP contribution in [0.4, 0.5) is 5.82 Å². The fourth-order valence-corrected chi connectivity index (χ4v) is 1.71. The molecule has 3 N–H and O–H groups in total. The third-order valence-electron chi connectivity index (χ3n) is 2.64. The molecule has 0 aliphatic heterocycles. The number of anilines is 1. The van der Waals surface area contributed by atoms with Crippen molar-refractivity contribution in [3.05, 3.63) is 18.7 Å². The predicted octanol–water partition coefficient (Wildman–Crippen LogP) is 1.06. The zero-order valence-corrected chi connectivity index (χ0v) is 9.84. The van der Waals surface area contributed by atoms with Gasteiger partial charge in [0.05, 0.1) is 0 Å². The lowest BCUT2D eigenvalue weighted by Crippen LogP contribution is -2.05. The summed E-state index contributed by atoms with van der Waals surface area (Å²) in [6.07, 6.45) is 9.87. The third kappa shape index (κ3) is 3.13. The molecule has 17 heavy (non-hydrogen) atoms. The molecule has 0 saturated heterocycles. The van der Waals surface area contributed by atoms with Gasteiger partial charge in [0.2, 0.25) is 5.65 Å². The van der Waals surface area contributed by atoms with E-state index in [0.29, 0.717) is 0 Å². The molecule has 0 unspecified atom stereocenters. The van der Waals surface area contributed by atoms with E-state index in [1.54, 1.807) is 12.5 Å². The van der Waals surface area contributed by atoms with Crippen LogP contribution in [0.2, 0.25) is 0 Å². The van der Waals surface area contributed by atoms with Crippen LogP contribution in [-0.4, -0.2) is 32.7 Å². The van der Waals surface area contributed by atoms with E-state index in [9.17, 15) is 0 Å². The molecular weight excluding hydrogens is 216 g/mol. The first kappa shape index (κ1) is 11.8. The highest BCUT2D eigenvalue weighted by molar-refractivity contribution is 5.61. The molecule has 0 atom stereocenters. The Morgan fingerprint density at radius 3 is 3.00 bits per heavy atom. The summed E-state index contributed by atoms with van der Waals surface area (Å²) in [5.74, 6) is 0.795. The third-order valence-corrected chi connectivity index (χ3v) is 2.64. The first-order chi connectivity index (χ1) is 8.42. The summed E-state index contributed by atoms with van der Waals surface area (Å²) in [6, 6.07) is 0. The molecular formula is C11H18N6. The number of nitrogens with two attached hydrogens (primary N) is 1. The average molecular weight is 234 g/mol. The van der Waals surface area contributed by atoms with Crippen LogP contribution >= 0.6 is 0 Å². The monoisotopic (exact) mass is 234 g/mol. The zero-order chi connectivity index (χ0) is 11.9. The average Bonchev–Trinajstić information content (AvgIpc) is 2.82. The molecule has 0 bridgehead atoms. The molecule has 2 aromatic heterocycles. The Morgan fingerprint density at radius 1 is 1.24 bits per heavy atom. The number of rotatable bonds is 7. The van der Waals surface area contributed by atoms with Gasteiger partial charge in [0.15, 0.2) is 5.82 Å². The van der Waals surface area contributed by atoms with Crippen LogP contribution in [-0.2, 0) is 0 Å². The molecule has 0 fully saturated rings. The molecule has 6 heteroatoms. The lowest BCUT2D eigenvalue weighted by atomic mass is 10.2. The summed E-state index contributed by atoms with van der Waals surface area (Å²) in [5, 5.41) is 11.2. The van der Waals surface area contributed by atoms with Crippen molar-refractivity contribution in [3.63, 3.8) is 0 Å². The van der Waals surface area contributed by atoms with Crippen molar-refractivity contribution in [1.29, 1.82) is 0 Å². The van der Waals surface area contributed by atoms with Crippen molar-refractivity contribution < 1.29 is 0 Å². The molecule has 2 heterocycles. The number of nitrogens with one attached hydrogen (secondary N) is 1. The Hall–Kier alpha value is -1.69. The Labute approximate surface area is 100 Å². The maximum absolute atomic E-state index is 5.44. The van der Waals surface area contributed by atoms with Gasteiger partial charge in [-0.15, -0.1) is 10.2 Å². The summed E-state index contributed by atoms with van der Waals surface area (Å²) in [7, 11) is 0. The van der Waals surface area contributed by atoms with E-state index in [2.05, 4.69) is 20.5 Å². The second-order valence-corrected chi connectivity index (χ2v) is 3.97. The van der Waals surface area contributed by atoms with E-state index < -0.39 is 0 Å². The number of nitrogens with zero attached hydrogens (tertiary/aromatic N) is 4. The van der Waals surface area contributed by atoms with Crippen LogP contribution in [0.5, 0.6) is 0 Å². The van der Waals surface area contributed by atoms with Crippen molar-refractivity contribution >= 4 is 11.5 Å². The summed E-state index contributed by atoms with van der Waals surface area (Å²) in [6.45, 7) is 1.69. The first-order valence-electron chi connectivity index (χ1n) is 6.00. The lowest BCUT2D eigenvalue weighted by Gasteiger charge is -2.05. The maximum atomic E-state index is 5.44. The molecule has 2 rings (SSSR count). The van der Waals surface area contributed by atoms with Crippen LogP contribution in [0.3, 0.4) is 0 Å². The van der Waals surface area contributed by atoms with Gasteiger partial charge in [0.25, 0.3) is 0 Å². The highest BCUT2D eigenvalue weighted by Gasteiger charge is 2.02.